The van der Waals surface area contributed by atoms with Crippen LogP contribution in [-0.2, 0) is 24.3 Å². The molecule has 3 N–H and O–H groups in total. The number of ether oxygens (including phenoxy) is 1. The second kappa shape index (κ2) is 4.98. The minimum atomic E-state index is 0.339. The Balaban J connectivity index is 3.12. The Bertz CT molecular complexity index is 310. The monoisotopic (exact) mass is 195 g/mol. The van der Waals surface area contributed by atoms with Crippen LogP contribution in [0.15, 0.2) is 12.1 Å². The van der Waals surface area contributed by atoms with Gasteiger partial charge in [0.15, 0.2) is 0 Å². The van der Waals surface area contributed by atoms with Gasteiger partial charge < -0.3 is 15.6 Å². The van der Waals surface area contributed by atoms with E-state index in [1.807, 2.05) is 19.1 Å². The summed E-state index contributed by atoms with van der Waals surface area (Å²) < 4.78 is 5.01. The molecule has 0 amide bonds. The maximum atomic E-state index is 9.82. The Morgan fingerprint density at radius 2 is 2.00 bits per heavy atom. The standard InChI is InChI=1S/C11H17NO2/c1-3-9-4-8(6-12)5-10(7-14-2)11(9)13/h4-5,13H,3,6-7,12H2,1-2H3. The van der Waals surface area contributed by atoms with E-state index in [-0.39, 0.29) is 0 Å². The topological polar surface area (TPSA) is 55.5 Å². The van der Waals surface area contributed by atoms with E-state index in [9.17, 15) is 5.11 Å². The zero-order valence-electron chi connectivity index (χ0n) is 8.71. The second-order valence-corrected chi connectivity index (χ2v) is 3.25. The molecule has 0 aliphatic rings. The summed E-state index contributed by atoms with van der Waals surface area (Å²) in [6.07, 6.45) is 0.802. The zero-order valence-corrected chi connectivity index (χ0v) is 8.71. The third-order valence-corrected chi connectivity index (χ3v) is 2.24. The van der Waals surface area contributed by atoms with Crippen LogP contribution in [0.25, 0.3) is 0 Å². The van der Waals surface area contributed by atoms with Gasteiger partial charge in [0.1, 0.15) is 5.75 Å². The molecule has 0 aliphatic heterocycles. The molecule has 0 aliphatic carbocycles. The Labute approximate surface area is 84.5 Å². The first-order chi connectivity index (χ1) is 6.72. The average molecular weight is 195 g/mol. The lowest BCUT2D eigenvalue weighted by atomic mass is 10.0. The van der Waals surface area contributed by atoms with Crippen molar-refractivity contribution in [1.82, 2.24) is 0 Å². The van der Waals surface area contributed by atoms with E-state index in [1.54, 1.807) is 7.11 Å². The fourth-order valence-corrected chi connectivity index (χ4v) is 1.49. The predicted octanol–water partition coefficient (Wildman–Crippen LogP) is 1.56. The minimum Gasteiger partial charge on any atom is -0.507 e. The van der Waals surface area contributed by atoms with E-state index in [2.05, 4.69) is 0 Å². The summed E-state index contributed by atoms with van der Waals surface area (Å²) in [7, 11) is 1.61. The number of phenolic OH excluding ortho intramolecular Hbond substituents is 1. The van der Waals surface area contributed by atoms with E-state index in [4.69, 9.17) is 10.5 Å². The summed E-state index contributed by atoms with van der Waals surface area (Å²) in [4.78, 5) is 0. The highest BCUT2D eigenvalue weighted by atomic mass is 16.5. The Kier molecular flexibility index (Phi) is 3.92. The van der Waals surface area contributed by atoms with Crippen molar-refractivity contribution >= 4 is 0 Å². The number of benzene rings is 1. The van der Waals surface area contributed by atoms with Crippen LogP contribution >= 0.6 is 0 Å². The fraction of sp³-hybridized carbons (Fsp3) is 0.455. The highest BCUT2D eigenvalue weighted by molar-refractivity contribution is 5.43. The number of hydrogen-bond donors (Lipinski definition) is 2. The highest BCUT2D eigenvalue weighted by Gasteiger charge is 2.07. The van der Waals surface area contributed by atoms with Crippen LogP contribution in [0.4, 0.5) is 0 Å². The Morgan fingerprint density at radius 3 is 2.50 bits per heavy atom. The van der Waals surface area contributed by atoms with Gasteiger partial charge in [-0.05, 0) is 23.6 Å². The van der Waals surface area contributed by atoms with Crippen molar-refractivity contribution in [3.63, 3.8) is 0 Å². The van der Waals surface area contributed by atoms with E-state index in [1.165, 1.54) is 0 Å². The third-order valence-electron chi connectivity index (χ3n) is 2.24. The molecule has 0 saturated heterocycles. The van der Waals surface area contributed by atoms with Gasteiger partial charge in [-0.1, -0.05) is 13.0 Å². The maximum absolute atomic E-state index is 9.82. The molecule has 1 aromatic rings. The molecule has 0 unspecified atom stereocenters. The summed E-state index contributed by atoms with van der Waals surface area (Å²) in [5.41, 5.74) is 8.34. The van der Waals surface area contributed by atoms with Crippen LogP contribution in [0.2, 0.25) is 0 Å². The molecule has 1 rings (SSSR count). The smallest absolute Gasteiger partial charge is 0.124 e. The van der Waals surface area contributed by atoms with Crippen molar-refractivity contribution in [3.05, 3.63) is 28.8 Å². The molecule has 0 aromatic heterocycles. The molecule has 0 heterocycles. The number of phenols is 1. The van der Waals surface area contributed by atoms with Crippen LogP contribution in [-0.4, -0.2) is 12.2 Å². The molecule has 0 fully saturated rings. The molecule has 14 heavy (non-hydrogen) atoms. The Morgan fingerprint density at radius 1 is 1.36 bits per heavy atom. The van der Waals surface area contributed by atoms with Gasteiger partial charge in [-0.25, -0.2) is 0 Å². The molecule has 0 saturated carbocycles. The molecular formula is C11H17NO2. The summed E-state index contributed by atoms with van der Waals surface area (Å²) >= 11 is 0. The summed E-state index contributed by atoms with van der Waals surface area (Å²) in [5, 5.41) is 9.82. The van der Waals surface area contributed by atoms with Crippen molar-refractivity contribution in [2.24, 2.45) is 5.73 Å². The van der Waals surface area contributed by atoms with Crippen molar-refractivity contribution in [1.29, 1.82) is 0 Å². The fourth-order valence-electron chi connectivity index (χ4n) is 1.49. The van der Waals surface area contributed by atoms with E-state index >= 15 is 0 Å². The van der Waals surface area contributed by atoms with Crippen LogP contribution in [0.3, 0.4) is 0 Å². The number of nitrogens with two attached hydrogens (primary N) is 1. The van der Waals surface area contributed by atoms with E-state index < -0.39 is 0 Å². The molecule has 0 atom stereocenters. The molecule has 0 radical (unpaired) electrons. The van der Waals surface area contributed by atoms with Crippen LogP contribution in [0.1, 0.15) is 23.6 Å². The van der Waals surface area contributed by atoms with Gasteiger partial charge in [-0.3, -0.25) is 0 Å². The first-order valence-electron chi connectivity index (χ1n) is 4.75. The molecule has 78 valence electrons. The van der Waals surface area contributed by atoms with E-state index in [0.717, 1.165) is 23.1 Å². The Hall–Kier alpha value is -1.06. The van der Waals surface area contributed by atoms with Gasteiger partial charge in [0, 0.05) is 19.2 Å². The molecule has 3 heteroatoms. The van der Waals surface area contributed by atoms with Crippen molar-refractivity contribution < 1.29 is 9.84 Å². The lowest BCUT2D eigenvalue weighted by molar-refractivity contribution is 0.182. The van der Waals surface area contributed by atoms with Crippen LogP contribution < -0.4 is 5.73 Å². The first kappa shape index (κ1) is 11.0. The second-order valence-electron chi connectivity index (χ2n) is 3.25. The molecule has 0 bridgehead atoms. The number of methoxy groups -OCH3 is 1. The van der Waals surface area contributed by atoms with Crippen molar-refractivity contribution in [2.75, 3.05) is 7.11 Å². The number of rotatable bonds is 4. The molecule has 0 spiro atoms. The minimum absolute atomic E-state index is 0.339. The highest BCUT2D eigenvalue weighted by Crippen LogP contribution is 2.25. The van der Waals surface area contributed by atoms with Gasteiger partial charge in [0.2, 0.25) is 0 Å². The van der Waals surface area contributed by atoms with Gasteiger partial charge in [-0.2, -0.15) is 0 Å². The van der Waals surface area contributed by atoms with Gasteiger partial charge >= 0.3 is 0 Å². The molecule has 1 aromatic carbocycles. The number of aromatic hydroxyl groups is 1. The maximum Gasteiger partial charge on any atom is 0.124 e. The quantitative estimate of drug-likeness (QED) is 0.766. The predicted molar refractivity (Wildman–Crippen MR) is 56.1 cm³/mol. The van der Waals surface area contributed by atoms with E-state index in [0.29, 0.717) is 18.9 Å². The summed E-state index contributed by atoms with van der Waals surface area (Å²) in [5.74, 6) is 0.339. The lowest BCUT2D eigenvalue weighted by Gasteiger charge is -2.10. The number of aryl methyl sites for hydroxylation is 1. The average Bonchev–Trinajstić information content (AvgIpc) is 2.21. The third kappa shape index (κ3) is 2.25. The van der Waals surface area contributed by atoms with Crippen molar-refractivity contribution in [3.8, 4) is 5.75 Å². The van der Waals surface area contributed by atoms with Gasteiger partial charge in [0.05, 0.1) is 6.61 Å². The van der Waals surface area contributed by atoms with Crippen molar-refractivity contribution in [2.45, 2.75) is 26.5 Å². The normalized spacial score (nSPS) is 10.5. The largest absolute Gasteiger partial charge is 0.507 e. The van der Waals surface area contributed by atoms with Crippen LogP contribution in [0.5, 0.6) is 5.75 Å². The number of hydrogen-bond acceptors (Lipinski definition) is 3. The van der Waals surface area contributed by atoms with Crippen LogP contribution in [0, 0.1) is 0 Å². The molecular weight excluding hydrogens is 178 g/mol. The molecule has 3 nitrogen and oxygen atoms in total. The van der Waals surface area contributed by atoms with Gasteiger partial charge in [0.25, 0.3) is 0 Å². The van der Waals surface area contributed by atoms with Gasteiger partial charge in [-0.15, -0.1) is 0 Å². The zero-order chi connectivity index (χ0) is 10.6. The summed E-state index contributed by atoms with van der Waals surface area (Å²) in [6.45, 7) is 2.92. The SMILES string of the molecule is CCc1cc(CN)cc(COC)c1O. The lowest BCUT2D eigenvalue weighted by Crippen LogP contribution is -2.00. The first-order valence-corrected chi connectivity index (χ1v) is 4.75. The summed E-state index contributed by atoms with van der Waals surface area (Å²) in [6, 6.07) is 3.83.